The highest BCUT2D eigenvalue weighted by atomic mass is 79.9. The molecule has 24 heavy (non-hydrogen) atoms. The third kappa shape index (κ3) is 5.15. The van der Waals surface area contributed by atoms with Crippen molar-refractivity contribution in [2.45, 2.75) is 18.2 Å². The fourth-order valence-electron chi connectivity index (χ4n) is 2.08. The Kier molecular flexibility index (Phi) is 6.53. The van der Waals surface area contributed by atoms with E-state index in [0.717, 1.165) is 16.5 Å². The van der Waals surface area contributed by atoms with E-state index in [1.165, 1.54) is 0 Å². The van der Waals surface area contributed by atoms with Gasteiger partial charge in [-0.3, -0.25) is 4.79 Å². The van der Waals surface area contributed by atoms with E-state index in [1.807, 2.05) is 13.0 Å². The summed E-state index contributed by atoms with van der Waals surface area (Å²) >= 11 is 3.30. The van der Waals surface area contributed by atoms with Crippen LogP contribution in [-0.4, -0.2) is 27.4 Å². The lowest BCUT2D eigenvalue weighted by molar-refractivity contribution is 0.0954. The number of nitrogens with one attached hydrogen (secondary N) is 2. The molecule has 2 N–H and O–H groups in total. The molecule has 0 bridgehead atoms. The SMILES string of the molecule is CCc1ccc(S(=O)(=O)NCCNC(=O)c2cccc(Br)c2)cc1. The number of aryl methyl sites for hydroxylation is 1. The zero-order valence-electron chi connectivity index (χ0n) is 13.3. The van der Waals surface area contributed by atoms with Gasteiger partial charge in [0, 0.05) is 23.1 Å². The highest BCUT2D eigenvalue weighted by molar-refractivity contribution is 9.10. The summed E-state index contributed by atoms with van der Waals surface area (Å²) in [6.45, 7) is 2.34. The number of carbonyl (C=O) groups is 1. The molecular formula is C17H19BrN2O3S. The summed E-state index contributed by atoms with van der Waals surface area (Å²) in [5.74, 6) is -0.247. The second-order valence-corrected chi connectivity index (χ2v) is 7.84. The van der Waals surface area contributed by atoms with E-state index in [2.05, 4.69) is 26.0 Å². The minimum Gasteiger partial charge on any atom is -0.351 e. The van der Waals surface area contributed by atoms with Crippen LogP contribution in [-0.2, 0) is 16.4 Å². The molecule has 0 aliphatic carbocycles. The summed E-state index contributed by atoms with van der Waals surface area (Å²) in [7, 11) is -3.56. The van der Waals surface area contributed by atoms with Crippen LogP contribution in [0.15, 0.2) is 57.9 Å². The van der Waals surface area contributed by atoms with Gasteiger partial charge in [0.05, 0.1) is 4.90 Å². The summed E-state index contributed by atoms with van der Waals surface area (Å²) in [5.41, 5.74) is 1.60. The van der Waals surface area contributed by atoms with Crippen LogP contribution in [0.3, 0.4) is 0 Å². The monoisotopic (exact) mass is 410 g/mol. The van der Waals surface area contributed by atoms with Crippen LogP contribution in [0, 0.1) is 0 Å². The first kappa shape index (κ1) is 18.6. The Morgan fingerprint density at radius 1 is 1.08 bits per heavy atom. The summed E-state index contributed by atoms with van der Waals surface area (Å²) in [4.78, 5) is 12.2. The van der Waals surface area contributed by atoms with Gasteiger partial charge in [0.15, 0.2) is 0 Å². The quantitative estimate of drug-likeness (QED) is 0.688. The van der Waals surface area contributed by atoms with Crippen molar-refractivity contribution in [2.24, 2.45) is 0 Å². The van der Waals surface area contributed by atoms with Crippen LogP contribution >= 0.6 is 15.9 Å². The topological polar surface area (TPSA) is 75.3 Å². The normalized spacial score (nSPS) is 11.2. The average molecular weight is 411 g/mol. The number of benzene rings is 2. The third-order valence-corrected chi connectivity index (χ3v) is 5.40. The lowest BCUT2D eigenvalue weighted by Crippen LogP contribution is -2.34. The van der Waals surface area contributed by atoms with E-state index in [9.17, 15) is 13.2 Å². The first-order chi connectivity index (χ1) is 11.4. The number of sulfonamides is 1. The molecule has 0 aromatic heterocycles. The average Bonchev–Trinajstić information content (AvgIpc) is 2.58. The maximum Gasteiger partial charge on any atom is 0.251 e. The molecule has 2 aromatic rings. The molecule has 0 saturated carbocycles. The molecular weight excluding hydrogens is 392 g/mol. The summed E-state index contributed by atoms with van der Waals surface area (Å²) in [6, 6.07) is 13.8. The smallest absolute Gasteiger partial charge is 0.251 e. The molecule has 7 heteroatoms. The number of rotatable bonds is 7. The maximum atomic E-state index is 12.2. The molecule has 0 aliphatic heterocycles. The Morgan fingerprint density at radius 2 is 1.79 bits per heavy atom. The second-order valence-electron chi connectivity index (χ2n) is 5.16. The van der Waals surface area contributed by atoms with Crippen molar-refractivity contribution in [1.29, 1.82) is 0 Å². The molecule has 0 saturated heterocycles. The number of hydrogen-bond donors (Lipinski definition) is 2. The van der Waals surface area contributed by atoms with Crippen molar-refractivity contribution >= 4 is 31.9 Å². The van der Waals surface area contributed by atoms with Crippen molar-refractivity contribution < 1.29 is 13.2 Å². The standard InChI is InChI=1S/C17H19BrN2O3S/c1-2-13-6-8-16(9-7-13)24(22,23)20-11-10-19-17(21)14-4-3-5-15(18)12-14/h3-9,12,20H,2,10-11H2,1H3,(H,19,21). The summed E-state index contributed by atoms with van der Waals surface area (Å²) in [5, 5.41) is 2.68. The molecule has 0 spiro atoms. The van der Waals surface area contributed by atoms with Crippen LogP contribution in [0.5, 0.6) is 0 Å². The predicted molar refractivity (Wildman–Crippen MR) is 97.5 cm³/mol. The van der Waals surface area contributed by atoms with Gasteiger partial charge in [-0.25, -0.2) is 13.1 Å². The van der Waals surface area contributed by atoms with E-state index in [1.54, 1.807) is 42.5 Å². The van der Waals surface area contributed by atoms with Crippen LogP contribution in [0.1, 0.15) is 22.8 Å². The first-order valence-corrected chi connectivity index (χ1v) is 9.82. The van der Waals surface area contributed by atoms with Gasteiger partial charge in [0.1, 0.15) is 0 Å². The Hall–Kier alpha value is -1.70. The van der Waals surface area contributed by atoms with E-state index >= 15 is 0 Å². The van der Waals surface area contributed by atoms with Gasteiger partial charge in [0.25, 0.3) is 5.91 Å². The molecule has 128 valence electrons. The van der Waals surface area contributed by atoms with Crippen LogP contribution in [0.2, 0.25) is 0 Å². The zero-order valence-corrected chi connectivity index (χ0v) is 15.7. The number of halogens is 1. The molecule has 0 heterocycles. The maximum absolute atomic E-state index is 12.2. The third-order valence-electron chi connectivity index (χ3n) is 3.43. The van der Waals surface area contributed by atoms with Gasteiger partial charge in [-0.1, -0.05) is 41.1 Å². The summed E-state index contributed by atoms with van der Waals surface area (Å²) in [6.07, 6.45) is 0.857. The van der Waals surface area contributed by atoms with Crippen LogP contribution in [0.25, 0.3) is 0 Å². The van der Waals surface area contributed by atoms with Gasteiger partial charge in [-0.2, -0.15) is 0 Å². The fraction of sp³-hybridized carbons (Fsp3) is 0.235. The Bertz CT molecular complexity index is 805. The minimum absolute atomic E-state index is 0.123. The van der Waals surface area contributed by atoms with E-state index in [0.29, 0.717) is 5.56 Å². The zero-order chi connectivity index (χ0) is 17.6. The second kappa shape index (κ2) is 8.41. The highest BCUT2D eigenvalue weighted by Crippen LogP contribution is 2.12. The molecule has 0 aliphatic rings. The molecule has 0 unspecified atom stereocenters. The molecule has 5 nitrogen and oxygen atoms in total. The lowest BCUT2D eigenvalue weighted by atomic mass is 10.2. The first-order valence-electron chi connectivity index (χ1n) is 7.55. The van der Waals surface area contributed by atoms with Gasteiger partial charge < -0.3 is 5.32 Å². The van der Waals surface area contributed by atoms with Crippen LogP contribution in [0.4, 0.5) is 0 Å². The fourth-order valence-corrected chi connectivity index (χ4v) is 3.51. The van der Waals surface area contributed by atoms with Crippen molar-refractivity contribution in [2.75, 3.05) is 13.1 Å². The minimum atomic E-state index is -3.56. The van der Waals surface area contributed by atoms with Gasteiger partial charge in [-0.05, 0) is 42.3 Å². The molecule has 2 rings (SSSR count). The van der Waals surface area contributed by atoms with E-state index in [-0.39, 0.29) is 23.9 Å². The van der Waals surface area contributed by atoms with Crippen molar-refractivity contribution in [3.8, 4) is 0 Å². The molecule has 0 radical (unpaired) electrons. The van der Waals surface area contributed by atoms with E-state index < -0.39 is 10.0 Å². The Balaban J connectivity index is 1.85. The molecule has 2 aromatic carbocycles. The number of amides is 1. The van der Waals surface area contributed by atoms with Crippen LogP contribution < -0.4 is 10.0 Å². The predicted octanol–water partition coefficient (Wildman–Crippen LogP) is 2.72. The largest absolute Gasteiger partial charge is 0.351 e. The Morgan fingerprint density at radius 3 is 2.42 bits per heavy atom. The number of hydrogen-bond acceptors (Lipinski definition) is 3. The van der Waals surface area contributed by atoms with E-state index in [4.69, 9.17) is 0 Å². The van der Waals surface area contributed by atoms with Crippen molar-refractivity contribution in [1.82, 2.24) is 10.0 Å². The van der Waals surface area contributed by atoms with Gasteiger partial charge in [-0.15, -0.1) is 0 Å². The van der Waals surface area contributed by atoms with Crippen molar-refractivity contribution in [3.05, 3.63) is 64.1 Å². The summed E-state index contributed by atoms with van der Waals surface area (Å²) < 4.78 is 27.6. The lowest BCUT2D eigenvalue weighted by Gasteiger charge is -2.09. The molecule has 0 fully saturated rings. The highest BCUT2D eigenvalue weighted by Gasteiger charge is 2.13. The van der Waals surface area contributed by atoms with Gasteiger partial charge in [0.2, 0.25) is 10.0 Å². The van der Waals surface area contributed by atoms with Gasteiger partial charge >= 0.3 is 0 Å². The molecule has 0 atom stereocenters. The molecule has 1 amide bonds. The number of carbonyl (C=O) groups excluding carboxylic acids is 1. The van der Waals surface area contributed by atoms with Crippen molar-refractivity contribution in [3.63, 3.8) is 0 Å². The Labute approximate surface area is 150 Å².